The van der Waals surface area contributed by atoms with E-state index in [0.717, 1.165) is 12.8 Å². The second kappa shape index (κ2) is 7.98. The maximum atomic E-state index is 13.1. The van der Waals surface area contributed by atoms with Crippen molar-refractivity contribution in [3.63, 3.8) is 0 Å². The summed E-state index contributed by atoms with van der Waals surface area (Å²) in [7, 11) is 0. The van der Waals surface area contributed by atoms with Gasteiger partial charge in [-0.2, -0.15) is 5.26 Å². The summed E-state index contributed by atoms with van der Waals surface area (Å²) in [6, 6.07) is 7.15. The van der Waals surface area contributed by atoms with Gasteiger partial charge in [0, 0.05) is 21.8 Å². The van der Waals surface area contributed by atoms with Crippen LogP contribution in [0.1, 0.15) is 49.5 Å². The first-order chi connectivity index (χ1) is 14.3. The number of nitriles is 1. The van der Waals surface area contributed by atoms with E-state index in [2.05, 4.69) is 36.9 Å². The Hall–Kier alpha value is -2.49. The predicted octanol–water partition coefficient (Wildman–Crippen LogP) is 5.74. The lowest BCUT2D eigenvalue weighted by molar-refractivity contribution is -0.0250. The highest BCUT2D eigenvalue weighted by Crippen LogP contribution is 2.36. The molecule has 0 aliphatic heterocycles. The van der Waals surface area contributed by atoms with Crippen LogP contribution in [0.2, 0.25) is 10.0 Å². The van der Waals surface area contributed by atoms with Gasteiger partial charge < -0.3 is 4.74 Å². The number of hydrogen-bond donors (Lipinski definition) is 1. The van der Waals surface area contributed by atoms with Crippen molar-refractivity contribution >= 4 is 34.8 Å². The number of benzene rings is 1. The van der Waals surface area contributed by atoms with E-state index in [1.165, 1.54) is 0 Å². The average Bonchev–Trinajstić information content (AvgIpc) is 3.21. The highest BCUT2D eigenvalue weighted by Gasteiger charge is 2.35. The highest BCUT2D eigenvalue weighted by molar-refractivity contribution is 6.35. The number of carbonyl (C=O) groups is 1. The van der Waals surface area contributed by atoms with E-state index in [9.17, 15) is 10.1 Å². The zero-order valence-electron chi connectivity index (χ0n) is 16.9. The third-order valence-corrected chi connectivity index (χ3v) is 6.23. The van der Waals surface area contributed by atoms with Gasteiger partial charge in [-0.15, -0.1) is 0 Å². The van der Waals surface area contributed by atoms with E-state index in [1.54, 1.807) is 28.9 Å². The van der Waals surface area contributed by atoms with Crippen molar-refractivity contribution in [3.05, 3.63) is 45.6 Å². The van der Waals surface area contributed by atoms with E-state index in [4.69, 9.17) is 27.9 Å². The molecule has 2 heterocycles. The van der Waals surface area contributed by atoms with Crippen LogP contribution >= 0.6 is 23.2 Å². The summed E-state index contributed by atoms with van der Waals surface area (Å²) in [4.78, 5) is 17.6. The zero-order chi connectivity index (χ0) is 21.6. The molecule has 4 rings (SSSR count). The lowest BCUT2D eigenvalue weighted by Crippen LogP contribution is -2.37. The quantitative estimate of drug-likeness (QED) is 0.522. The molecule has 2 aromatic heterocycles. The molecular weight excluding hydrogens is 423 g/mol. The van der Waals surface area contributed by atoms with Crippen LogP contribution in [0.3, 0.4) is 0 Å². The Kier molecular flexibility index (Phi) is 5.52. The molecule has 3 aromatic rings. The summed E-state index contributed by atoms with van der Waals surface area (Å²) < 4.78 is 7.46. The molecule has 0 bridgehead atoms. The smallest absolute Gasteiger partial charge is 0.343 e. The van der Waals surface area contributed by atoms with Crippen LogP contribution in [0.4, 0.5) is 0 Å². The zero-order valence-corrected chi connectivity index (χ0v) is 18.5. The third kappa shape index (κ3) is 3.80. The van der Waals surface area contributed by atoms with Crippen molar-refractivity contribution in [2.24, 2.45) is 17.8 Å². The highest BCUT2D eigenvalue weighted by atomic mass is 35.5. The monoisotopic (exact) mass is 444 g/mol. The van der Waals surface area contributed by atoms with Gasteiger partial charge in [0.2, 0.25) is 0 Å². The summed E-state index contributed by atoms with van der Waals surface area (Å²) in [5, 5.41) is 13.6. The molecule has 6 nitrogen and oxygen atoms in total. The number of hydrogen-bond acceptors (Lipinski definition) is 4. The van der Waals surface area contributed by atoms with Gasteiger partial charge in [0.1, 0.15) is 17.7 Å². The van der Waals surface area contributed by atoms with Crippen molar-refractivity contribution < 1.29 is 9.53 Å². The summed E-state index contributed by atoms with van der Waals surface area (Å²) in [6.45, 7) is 6.45. The Morgan fingerprint density at radius 1 is 1.20 bits per heavy atom. The van der Waals surface area contributed by atoms with Crippen molar-refractivity contribution in [2.45, 2.75) is 39.7 Å². The molecule has 0 spiro atoms. The lowest BCUT2D eigenvalue weighted by atomic mass is 9.75. The molecule has 30 heavy (non-hydrogen) atoms. The minimum Gasteiger partial charge on any atom is -0.458 e. The second-order valence-electron chi connectivity index (χ2n) is 8.35. The van der Waals surface area contributed by atoms with Gasteiger partial charge >= 0.3 is 5.97 Å². The van der Waals surface area contributed by atoms with E-state index in [-0.39, 0.29) is 29.1 Å². The topological polar surface area (TPSA) is 83.2 Å². The number of nitrogens with one attached hydrogen (secondary N) is 1. The third-order valence-electron chi connectivity index (χ3n) is 5.80. The summed E-state index contributed by atoms with van der Waals surface area (Å²) in [5.74, 6) is 1.11. The van der Waals surface area contributed by atoms with E-state index >= 15 is 0 Å². The molecule has 1 N–H and O–H groups in total. The van der Waals surface area contributed by atoms with Crippen molar-refractivity contribution in [3.8, 4) is 17.5 Å². The van der Waals surface area contributed by atoms with Crippen molar-refractivity contribution in [1.82, 2.24) is 14.6 Å². The van der Waals surface area contributed by atoms with Gasteiger partial charge in [0.25, 0.3) is 0 Å². The fourth-order valence-corrected chi connectivity index (χ4v) is 5.18. The molecular formula is C22H22Cl2N4O2. The molecule has 156 valence electrons. The van der Waals surface area contributed by atoms with Crippen LogP contribution in [-0.4, -0.2) is 26.7 Å². The van der Waals surface area contributed by atoms with Crippen LogP contribution in [0, 0.1) is 29.1 Å². The van der Waals surface area contributed by atoms with Crippen molar-refractivity contribution in [1.29, 1.82) is 5.26 Å². The van der Waals surface area contributed by atoms with Crippen LogP contribution in [-0.2, 0) is 4.74 Å². The van der Waals surface area contributed by atoms with Gasteiger partial charge in [-0.25, -0.2) is 14.3 Å². The van der Waals surface area contributed by atoms with Crippen LogP contribution in [0.15, 0.2) is 24.4 Å². The summed E-state index contributed by atoms with van der Waals surface area (Å²) >= 11 is 12.2. The molecule has 1 saturated carbocycles. The summed E-state index contributed by atoms with van der Waals surface area (Å²) in [5.41, 5.74) is 1.41. The first kappa shape index (κ1) is 20.8. The van der Waals surface area contributed by atoms with E-state index in [0.29, 0.717) is 33.0 Å². The van der Waals surface area contributed by atoms with Crippen molar-refractivity contribution in [2.75, 3.05) is 0 Å². The molecule has 0 saturated heterocycles. The Morgan fingerprint density at radius 2 is 1.83 bits per heavy atom. The van der Waals surface area contributed by atoms with Gasteiger partial charge in [-0.05, 0) is 48.8 Å². The SMILES string of the molecule is CC1CC(C)C(OC(=O)c2c(C#N)cn3[nH]c(-c4cc(Cl)cc(Cl)c4)nc23)C(C)C1. The Bertz CT molecular complexity index is 1130. The number of halogens is 2. The lowest BCUT2D eigenvalue weighted by Gasteiger charge is -2.37. The molecule has 0 radical (unpaired) electrons. The van der Waals surface area contributed by atoms with Gasteiger partial charge in [-0.3, -0.25) is 5.10 Å². The van der Waals surface area contributed by atoms with Gasteiger partial charge in [0.15, 0.2) is 11.5 Å². The van der Waals surface area contributed by atoms with E-state index < -0.39 is 5.97 Å². The number of fused-ring (bicyclic) bond motifs is 1. The predicted molar refractivity (Wildman–Crippen MR) is 116 cm³/mol. The van der Waals surface area contributed by atoms with Crippen LogP contribution < -0.4 is 0 Å². The van der Waals surface area contributed by atoms with E-state index in [1.807, 2.05) is 0 Å². The Labute approximate surface area is 184 Å². The molecule has 1 aromatic carbocycles. The van der Waals surface area contributed by atoms with Crippen LogP contribution in [0.5, 0.6) is 0 Å². The summed E-state index contributed by atoms with van der Waals surface area (Å²) in [6.07, 6.45) is 3.39. The maximum absolute atomic E-state index is 13.1. The normalized spacial score (nSPS) is 24.0. The number of aromatic nitrogens is 3. The maximum Gasteiger partial charge on any atom is 0.343 e. The average molecular weight is 445 g/mol. The molecule has 2 atom stereocenters. The number of esters is 1. The number of aromatic amines is 1. The molecule has 8 heteroatoms. The first-order valence-corrected chi connectivity index (χ1v) is 10.7. The minimum absolute atomic E-state index is 0.172. The Morgan fingerprint density at radius 3 is 2.43 bits per heavy atom. The Balaban J connectivity index is 1.70. The minimum atomic E-state index is -0.519. The molecule has 1 aliphatic rings. The molecule has 2 unspecified atom stereocenters. The fraction of sp³-hybridized carbons (Fsp3) is 0.409. The molecule has 0 amide bonds. The van der Waals surface area contributed by atoms with Gasteiger partial charge in [0.05, 0.1) is 5.56 Å². The molecule has 1 fully saturated rings. The van der Waals surface area contributed by atoms with Gasteiger partial charge in [-0.1, -0.05) is 44.0 Å². The largest absolute Gasteiger partial charge is 0.458 e. The number of rotatable bonds is 3. The van der Waals surface area contributed by atoms with Crippen LogP contribution in [0.25, 0.3) is 17.0 Å². The standard InChI is InChI=1S/C22H22Cl2N4O2/c1-11-4-12(2)19(13(3)5-11)30-22(29)18-15(9-25)10-28-21(18)26-20(27-28)14-6-16(23)8-17(24)7-14/h6-8,10-13,19H,4-5H2,1-3H3,(H,26,27). The number of H-pyrrole nitrogens is 1. The second-order valence-corrected chi connectivity index (χ2v) is 9.23. The fourth-order valence-electron chi connectivity index (χ4n) is 4.65. The number of ether oxygens (including phenoxy) is 1. The first-order valence-electron chi connectivity index (χ1n) is 9.95. The molecule has 1 aliphatic carbocycles. The number of carbonyl (C=O) groups excluding carboxylic acids is 1. The number of nitrogens with zero attached hydrogens (tertiary/aromatic N) is 3.